The van der Waals surface area contributed by atoms with Crippen LogP contribution in [0.25, 0.3) is 11.1 Å². The quantitative estimate of drug-likeness (QED) is 0.881. The van der Waals surface area contributed by atoms with E-state index < -0.39 is 0 Å². The molecule has 0 saturated heterocycles. The van der Waals surface area contributed by atoms with E-state index in [9.17, 15) is 4.39 Å². The number of rotatable bonds is 2. The van der Waals surface area contributed by atoms with Crippen molar-refractivity contribution in [2.24, 2.45) is 11.5 Å². The van der Waals surface area contributed by atoms with Gasteiger partial charge in [-0.05, 0) is 48.1 Å². The Kier molecular flexibility index (Phi) is 3.32. The predicted octanol–water partition coefficient (Wildman–Crippen LogP) is 2.94. The summed E-state index contributed by atoms with van der Waals surface area (Å²) in [6.07, 6.45) is 1.84. The van der Waals surface area contributed by atoms with E-state index in [1.165, 1.54) is 11.1 Å². The van der Waals surface area contributed by atoms with E-state index in [2.05, 4.69) is 12.1 Å². The second-order valence-corrected chi connectivity index (χ2v) is 5.68. The molecule has 2 nitrogen and oxygen atoms in total. The molecule has 3 rings (SSSR count). The van der Waals surface area contributed by atoms with Crippen LogP contribution in [0.1, 0.15) is 29.7 Å². The molecule has 0 aromatic heterocycles. The zero-order chi connectivity index (χ0) is 14.3. The fourth-order valence-corrected chi connectivity index (χ4v) is 2.91. The molecule has 20 heavy (non-hydrogen) atoms. The van der Waals surface area contributed by atoms with Crippen molar-refractivity contribution in [3.63, 3.8) is 0 Å². The van der Waals surface area contributed by atoms with Gasteiger partial charge in [-0.25, -0.2) is 4.39 Å². The van der Waals surface area contributed by atoms with Gasteiger partial charge < -0.3 is 11.5 Å². The summed E-state index contributed by atoms with van der Waals surface area (Å²) in [5.74, 6) is -0.241. The third-order valence-electron chi connectivity index (χ3n) is 3.99. The summed E-state index contributed by atoms with van der Waals surface area (Å²) < 4.78 is 14.0. The van der Waals surface area contributed by atoms with Crippen LogP contribution in [0, 0.1) is 5.82 Å². The van der Waals surface area contributed by atoms with E-state index in [0.29, 0.717) is 5.56 Å². The minimum atomic E-state index is -0.290. The normalized spacial score (nSPS) is 18.9. The van der Waals surface area contributed by atoms with Crippen molar-refractivity contribution in [2.75, 3.05) is 0 Å². The summed E-state index contributed by atoms with van der Waals surface area (Å²) >= 11 is 0. The first-order valence-electron chi connectivity index (χ1n) is 6.97. The molecule has 0 amide bonds. The minimum absolute atomic E-state index is 0.220. The van der Waals surface area contributed by atoms with Crippen LogP contribution in [0.5, 0.6) is 0 Å². The van der Waals surface area contributed by atoms with E-state index in [0.717, 1.165) is 24.0 Å². The number of benzene rings is 2. The maximum atomic E-state index is 14.0. The van der Waals surface area contributed by atoms with Crippen LogP contribution < -0.4 is 11.5 Å². The Labute approximate surface area is 118 Å². The molecule has 4 N–H and O–H groups in total. The largest absolute Gasteiger partial charge is 0.327 e. The number of fused-ring (bicyclic) bond motifs is 1. The Morgan fingerprint density at radius 1 is 1.05 bits per heavy atom. The third-order valence-corrected chi connectivity index (χ3v) is 3.99. The lowest BCUT2D eigenvalue weighted by atomic mass is 9.98. The molecule has 0 saturated carbocycles. The van der Waals surface area contributed by atoms with Crippen molar-refractivity contribution in [1.29, 1.82) is 0 Å². The molecule has 3 heteroatoms. The molecule has 0 aliphatic heterocycles. The van der Waals surface area contributed by atoms with Crippen LogP contribution in [-0.2, 0) is 12.8 Å². The molecule has 2 aromatic carbocycles. The van der Waals surface area contributed by atoms with Gasteiger partial charge in [0.2, 0.25) is 0 Å². The molecule has 1 aliphatic rings. The van der Waals surface area contributed by atoms with Crippen molar-refractivity contribution in [1.82, 2.24) is 0 Å². The van der Waals surface area contributed by atoms with E-state index in [1.54, 1.807) is 19.1 Å². The van der Waals surface area contributed by atoms with Gasteiger partial charge in [-0.2, -0.15) is 0 Å². The maximum Gasteiger partial charge on any atom is 0.128 e. The van der Waals surface area contributed by atoms with E-state index in [1.807, 2.05) is 12.1 Å². The van der Waals surface area contributed by atoms with Gasteiger partial charge in [0.15, 0.2) is 0 Å². The van der Waals surface area contributed by atoms with Crippen LogP contribution in [0.2, 0.25) is 0 Å². The average Bonchev–Trinajstić information content (AvgIpc) is 2.77. The Morgan fingerprint density at radius 2 is 1.70 bits per heavy atom. The Bertz CT molecular complexity index is 649. The highest BCUT2D eigenvalue weighted by molar-refractivity contribution is 5.66. The summed E-state index contributed by atoms with van der Waals surface area (Å²) in [5.41, 5.74) is 16.8. The second-order valence-electron chi connectivity index (χ2n) is 5.68. The van der Waals surface area contributed by atoms with Crippen molar-refractivity contribution in [3.05, 3.63) is 58.9 Å². The fourth-order valence-electron chi connectivity index (χ4n) is 2.91. The van der Waals surface area contributed by atoms with Crippen LogP contribution >= 0.6 is 0 Å². The molecule has 0 heterocycles. The van der Waals surface area contributed by atoms with Crippen molar-refractivity contribution >= 4 is 0 Å². The Morgan fingerprint density at radius 3 is 2.40 bits per heavy atom. The van der Waals surface area contributed by atoms with Crippen molar-refractivity contribution in [3.8, 4) is 11.1 Å². The molecule has 104 valence electrons. The molecule has 2 unspecified atom stereocenters. The molecule has 2 aromatic rings. The van der Waals surface area contributed by atoms with Gasteiger partial charge >= 0.3 is 0 Å². The molecule has 0 fully saturated rings. The van der Waals surface area contributed by atoms with Gasteiger partial charge in [0.1, 0.15) is 5.82 Å². The van der Waals surface area contributed by atoms with E-state index in [4.69, 9.17) is 11.5 Å². The highest BCUT2D eigenvalue weighted by Gasteiger charge is 2.18. The second kappa shape index (κ2) is 5.00. The SMILES string of the molecule is CC(N)c1ccc(-c2ccc3c(c2)CC(N)C3)cc1F. The Hall–Kier alpha value is -1.71. The topological polar surface area (TPSA) is 52.0 Å². The summed E-state index contributed by atoms with van der Waals surface area (Å²) in [5, 5.41) is 0. The summed E-state index contributed by atoms with van der Waals surface area (Å²) in [7, 11) is 0. The zero-order valence-corrected chi connectivity index (χ0v) is 11.6. The fraction of sp³-hybridized carbons (Fsp3) is 0.294. The van der Waals surface area contributed by atoms with Gasteiger partial charge in [-0.15, -0.1) is 0 Å². The standard InChI is InChI=1S/C17H19FN2/c1-10(19)16-5-4-13(9-17(16)18)11-2-3-12-7-15(20)8-14(12)6-11/h2-6,9-10,15H,7-8,19-20H2,1H3. The Balaban J connectivity index is 1.98. The first-order valence-corrected chi connectivity index (χ1v) is 6.97. The summed E-state index contributed by atoms with van der Waals surface area (Å²) in [4.78, 5) is 0. The lowest BCUT2D eigenvalue weighted by molar-refractivity contribution is 0.594. The van der Waals surface area contributed by atoms with Crippen LogP contribution in [0.3, 0.4) is 0 Å². The molecule has 2 atom stereocenters. The lowest BCUT2D eigenvalue weighted by Gasteiger charge is -2.10. The number of nitrogens with two attached hydrogens (primary N) is 2. The first kappa shape index (κ1) is 13.3. The summed E-state index contributed by atoms with van der Waals surface area (Å²) in [6.45, 7) is 1.79. The molecule has 1 aliphatic carbocycles. The zero-order valence-electron chi connectivity index (χ0n) is 11.6. The van der Waals surface area contributed by atoms with Crippen molar-refractivity contribution in [2.45, 2.75) is 31.8 Å². The highest BCUT2D eigenvalue weighted by atomic mass is 19.1. The average molecular weight is 270 g/mol. The highest BCUT2D eigenvalue weighted by Crippen LogP contribution is 2.29. The van der Waals surface area contributed by atoms with Gasteiger partial charge in [-0.1, -0.05) is 30.3 Å². The van der Waals surface area contributed by atoms with Gasteiger partial charge in [-0.3, -0.25) is 0 Å². The summed E-state index contributed by atoms with van der Waals surface area (Å²) in [6, 6.07) is 11.5. The molecule has 0 radical (unpaired) electrons. The molecule has 0 bridgehead atoms. The molecular formula is C17H19FN2. The number of hydrogen-bond acceptors (Lipinski definition) is 2. The van der Waals surface area contributed by atoms with Gasteiger partial charge in [0.25, 0.3) is 0 Å². The van der Waals surface area contributed by atoms with Gasteiger partial charge in [0.05, 0.1) is 0 Å². The first-order chi connectivity index (χ1) is 9.54. The predicted molar refractivity (Wildman–Crippen MR) is 79.8 cm³/mol. The van der Waals surface area contributed by atoms with Gasteiger partial charge in [0, 0.05) is 17.6 Å². The van der Waals surface area contributed by atoms with E-state index in [-0.39, 0.29) is 17.9 Å². The monoisotopic (exact) mass is 270 g/mol. The lowest BCUT2D eigenvalue weighted by Crippen LogP contribution is -2.18. The smallest absolute Gasteiger partial charge is 0.128 e. The number of hydrogen-bond donors (Lipinski definition) is 2. The minimum Gasteiger partial charge on any atom is -0.327 e. The third kappa shape index (κ3) is 2.35. The molecular weight excluding hydrogens is 251 g/mol. The maximum absolute atomic E-state index is 14.0. The van der Waals surface area contributed by atoms with Crippen LogP contribution in [-0.4, -0.2) is 6.04 Å². The van der Waals surface area contributed by atoms with Crippen molar-refractivity contribution < 1.29 is 4.39 Å². The van der Waals surface area contributed by atoms with E-state index >= 15 is 0 Å². The molecule has 0 spiro atoms. The van der Waals surface area contributed by atoms with Crippen LogP contribution in [0.15, 0.2) is 36.4 Å². The van der Waals surface area contributed by atoms with Crippen LogP contribution in [0.4, 0.5) is 4.39 Å². The number of halogens is 1.